The van der Waals surface area contributed by atoms with Crippen LogP contribution < -0.4 is 5.32 Å². The number of nitrogens with one attached hydrogen (secondary N) is 1. The molecule has 0 aliphatic carbocycles. The van der Waals surface area contributed by atoms with Gasteiger partial charge < -0.3 is 5.32 Å². The van der Waals surface area contributed by atoms with Gasteiger partial charge in [-0.25, -0.2) is 4.39 Å². The zero-order valence-corrected chi connectivity index (χ0v) is 17.4. The number of carbonyl (C=O) groups excluding carboxylic acids is 1. The number of aromatic nitrogens is 3. The van der Waals surface area contributed by atoms with Gasteiger partial charge in [0.15, 0.2) is 0 Å². The van der Waals surface area contributed by atoms with Crippen molar-refractivity contribution in [2.24, 2.45) is 0 Å². The van der Waals surface area contributed by atoms with Crippen LogP contribution in [-0.4, -0.2) is 44.5 Å². The van der Waals surface area contributed by atoms with Crippen LogP contribution in [0.25, 0.3) is 22.2 Å². The van der Waals surface area contributed by atoms with Gasteiger partial charge in [-0.1, -0.05) is 30.3 Å². The number of nitrogens with zero attached hydrogens (tertiary/aromatic N) is 4. The standard InChI is InChI=1S/C25H22FN5O/c26-20-13-23(31(16-20)15-19-3-1-5-22-24(19)29-12-11-28-22)25(32)30-21-8-6-17(7-9-21)18-4-2-10-27-14-18/h1-12,14,20,23H,13,15-16H2,(H,30,32)/t20-,23+/m0/s1. The van der Waals surface area contributed by atoms with Crippen LogP contribution in [0.1, 0.15) is 12.0 Å². The third-order valence-corrected chi connectivity index (χ3v) is 5.76. The van der Waals surface area contributed by atoms with E-state index < -0.39 is 12.2 Å². The van der Waals surface area contributed by atoms with Crippen LogP contribution in [0, 0.1) is 0 Å². The summed E-state index contributed by atoms with van der Waals surface area (Å²) in [4.78, 5) is 27.8. The lowest BCUT2D eigenvalue weighted by atomic mass is 10.1. The molecule has 5 rings (SSSR count). The van der Waals surface area contributed by atoms with E-state index in [9.17, 15) is 9.18 Å². The van der Waals surface area contributed by atoms with Gasteiger partial charge in [-0.2, -0.15) is 0 Å². The number of alkyl halides is 1. The molecular formula is C25H22FN5O. The summed E-state index contributed by atoms with van der Waals surface area (Å²) in [5, 5.41) is 2.95. The van der Waals surface area contributed by atoms with Crippen molar-refractivity contribution in [1.29, 1.82) is 0 Å². The van der Waals surface area contributed by atoms with E-state index >= 15 is 0 Å². The fourth-order valence-electron chi connectivity index (χ4n) is 4.20. The Bertz CT molecular complexity index is 1230. The lowest BCUT2D eigenvalue weighted by Crippen LogP contribution is -2.39. The van der Waals surface area contributed by atoms with Crippen LogP contribution >= 0.6 is 0 Å². The van der Waals surface area contributed by atoms with Gasteiger partial charge in [-0.05, 0) is 41.0 Å². The molecule has 2 aromatic carbocycles. The molecule has 0 unspecified atom stereocenters. The van der Waals surface area contributed by atoms with E-state index in [0.29, 0.717) is 12.2 Å². The molecule has 0 spiro atoms. The Morgan fingerprint density at radius 3 is 2.66 bits per heavy atom. The van der Waals surface area contributed by atoms with Crippen molar-refractivity contribution in [3.63, 3.8) is 0 Å². The molecule has 0 radical (unpaired) electrons. The van der Waals surface area contributed by atoms with Crippen LogP contribution in [0.4, 0.5) is 10.1 Å². The number of benzene rings is 2. The number of pyridine rings is 1. The van der Waals surface area contributed by atoms with Crippen LogP contribution in [0.3, 0.4) is 0 Å². The molecule has 4 aromatic rings. The van der Waals surface area contributed by atoms with Crippen molar-refractivity contribution >= 4 is 22.6 Å². The van der Waals surface area contributed by atoms with E-state index in [4.69, 9.17) is 0 Å². The summed E-state index contributed by atoms with van der Waals surface area (Å²) < 4.78 is 14.3. The van der Waals surface area contributed by atoms with Crippen molar-refractivity contribution in [3.8, 4) is 11.1 Å². The molecule has 1 amide bonds. The molecule has 6 nitrogen and oxygen atoms in total. The first-order valence-electron chi connectivity index (χ1n) is 10.6. The number of fused-ring (bicyclic) bond motifs is 1. The topological polar surface area (TPSA) is 71.0 Å². The number of rotatable bonds is 5. The van der Waals surface area contributed by atoms with E-state index in [2.05, 4.69) is 20.3 Å². The molecule has 1 aliphatic rings. The third kappa shape index (κ3) is 4.20. The highest BCUT2D eigenvalue weighted by Gasteiger charge is 2.37. The zero-order chi connectivity index (χ0) is 21.9. The number of halogens is 1. The van der Waals surface area contributed by atoms with Gasteiger partial charge in [0.05, 0.1) is 17.1 Å². The highest BCUT2D eigenvalue weighted by atomic mass is 19.1. The summed E-state index contributed by atoms with van der Waals surface area (Å²) in [6.45, 7) is 0.656. The van der Waals surface area contributed by atoms with Gasteiger partial charge in [0.2, 0.25) is 5.91 Å². The molecule has 0 saturated carbocycles. The Morgan fingerprint density at radius 2 is 1.84 bits per heavy atom. The van der Waals surface area contributed by atoms with Crippen LogP contribution in [0.5, 0.6) is 0 Å². The predicted octanol–water partition coefficient (Wildman–Crippen LogP) is 4.24. The number of para-hydroxylation sites is 1. The van der Waals surface area contributed by atoms with Crippen molar-refractivity contribution < 1.29 is 9.18 Å². The molecule has 32 heavy (non-hydrogen) atoms. The maximum Gasteiger partial charge on any atom is 0.241 e. The SMILES string of the molecule is O=C(Nc1ccc(-c2cccnc2)cc1)[C@H]1C[C@H](F)CN1Cc1cccc2nccnc12. The first kappa shape index (κ1) is 20.2. The predicted molar refractivity (Wildman–Crippen MR) is 122 cm³/mol. The molecule has 1 fully saturated rings. The van der Waals surface area contributed by atoms with Gasteiger partial charge in [-0.15, -0.1) is 0 Å². The Hall–Kier alpha value is -3.71. The fourth-order valence-corrected chi connectivity index (χ4v) is 4.20. The summed E-state index contributed by atoms with van der Waals surface area (Å²) >= 11 is 0. The number of amides is 1. The Balaban J connectivity index is 1.31. The van der Waals surface area contributed by atoms with E-state index in [-0.39, 0.29) is 18.9 Å². The average molecular weight is 427 g/mol. The van der Waals surface area contributed by atoms with Crippen molar-refractivity contribution in [3.05, 3.63) is 84.9 Å². The molecule has 7 heteroatoms. The fraction of sp³-hybridized carbons (Fsp3) is 0.200. The van der Waals surface area contributed by atoms with Gasteiger partial charge in [0.25, 0.3) is 0 Å². The number of hydrogen-bond acceptors (Lipinski definition) is 5. The minimum Gasteiger partial charge on any atom is -0.325 e. The molecule has 2 aromatic heterocycles. The monoisotopic (exact) mass is 427 g/mol. The maximum absolute atomic E-state index is 14.3. The van der Waals surface area contributed by atoms with E-state index in [1.54, 1.807) is 24.8 Å². The number of likely N-dealkylation sites (tertiary alicyclic amines) is 1. The van der Waals surface area contributed by atoms with E-state index in [1.165, 1.54) is 0 Å². The summed E-state index contributed by atoms with van der Waals surface area (Å²) in [5.74, 6) is -0.203. The molecule has 1 saturated heterocycles. The minimum absolute atomic E-state index is 0.177. The molecule has 1 aliphatic heterocycles. The first-order chi connectivity index (χ1) is 15.7. The number of carbonyl (C=O) groups is 1. The quantitative estimate of drug-likeness (QED) is 0.516. The molecule has 0 bridgehead atoms. The van der Waals surface area contributed by atoms with Crippen LogP contribution in [0.2, 0.25) is 0 Å². The Kier molecular flexibility index (Phi) is 5.56. The molecular weight excluding hydrogens is 405 g/mol. The molecule has 2 atom stereocenters. The summed E-state index contributed by atoms with van der Waals surface area (Å²) in [5.41, 5.74) is 5.20. The maximum atomic E-state index is 14.3. The summed E-state index contributed by atoms with van der Waals surface area (Å²) in [7, 11) is 0. The number of anilines is 1. The van der Waals surface area contributed by atoms with Crippen molar-refractivity contribution in [2.45, 2.75) is 25.2 Å². The second-order valence-corrected chi connectivity index (χ2v) is 7.93. The lowest BCUT2D eigenvalue weighted by Gasteiger charge is -2.23. The van der Waals surface area contributed by atoms with Gasteiger partial charge in [0, 0.05) is 50.0 Å². The highest BCUT2D eigenvalue weighted by Crippen LogP contribution is 2.27. The summed E-state index contributed by atoms with van der Waals surface area (Å²) in [6, 6.07) is 16.7. The summed E-state index contributed by atoms with van der Waals surface area (Å²) in [6.07, 6.45) is 5.95. The molecule has 1 N–H and O–H groups in total. The molecule has 3 heterocycles. The number of hydrogen-bond donors (Lipinski definition) is 1. The Labute approximate surface area is 185 Å². The first-order valence-corrected chi connectivity index (χ1v) is 10.6. The molecule has 160 valence electrons. The van der Waals surface area contributed by atoms with Gasteiger partial charge >= 0.3 is 0 Å². The smallest absolute Gasteiger partial charge is 0.241 e. The van der Waals surface area contributed by atoms with Crippen molar-refractivity contribution in [1.82, 2.24) is 19.9 Å². The largest absolute Gasteiger partial charge is 0.325 e. The lowest BCUT2D eigenvalue weighted by molar-refractivity contribution is -0.120. The van der Waals surface area contributed by atoms with Gasteiger partial charge in [-0.3, -0.25) is 24.6 Å². The van der Waals surface area contributed by atoms with Crippen molar-refractivity contribution in [2.75, 3.05) is 11.9 Å². The highest BCUT2D eigenvalue weighted by molar-refractivity contribution is 5.95. The zero-order valence-electron chi connectivity index (χ0n) is 17.4. The minimum atomic E-state index is -1.04. The van der Waals surface area contributed by atoms with Crippen LogP contribution in [-0.2, 0) is 11.3 Å². The Morgan fingerprint density at radius 1 is 1.00 bits per heavy atom. The second kappa shape index (κ2) is 8.80. The van der Waals surface area contributed by atoms with E-state index in [0.717, 1.165) is 27.7 Å². The van der Waals surface area contributed by atoms with Crippen LogP contribution in [0.15, 0.2) is 79.4 Å². The second-order valence-electron chi connectivity index (χ2n) is 7.93. The van der Waals surface area contributed by atoms with E-state index in [1.807, 2.05) is 59.5 Å². The normalized spacial score (nSPS) is 18.7. The average Bonchev–Trinajstić information content (AvgIpc) is 3.20. The third-order valence-electron chi connectivity index (χ3n) is 5.76. The van der Waals surface area contributed by atoms with Gasteiger partial charge in [0.1, 0.15) is 6.17 Å².